The van der Waals surface area contributed by atoms with E-state index in [9.17, 15) is 4.79 Å². The second-order valence-corrected chi connectivity index (χ2v) is 6.30. The van der Waals surface area contributed by atoms with Crippen LogP contribution in [0.25, 0.3) is 11.0 Å². The summed E-state index contributed by atoms with van der Waals surface area (Å²) >= 11 is 1.54. The Kier molecular flexibility index (Phi) is 5.25. The zero-order valence-corrected chi connectivity index (χ0v) is 14.8. The van der Waals surface area contributed by atoms with Crippen molar-refractivity contribution >= 4 is 46.2 Å². The van der Waals surface area contributed by atoms with Gasteiger partial charge in [-0.2, -0.15) is 0 Å². The molecule has 6 nitrogen and oxygen atoms in total. The molecule has 1 aromatic heterocycles. The van der Waals surface area contributed by atoms with E-state index in [4.69, 9.17) is 0 Å². The quantitative estimate of drug-likeness (QED) is 0.725. The third kappa shape index (κ3) is 3.62. The molecule has 25 heavy (non-hydrogen) atoms. The zero-order valence-electron chi connectivity index (χ0n) is 13.2. The van der Waals surface area contributed by atoms with Gasteiger partial charge in [0.2, 0.25) is 0 Å². The summed E-state index contributed by atoms with van der Waals surface area (Å²) < 4.78 is 1.58. The molecule has 2 N–H and O–H groups in total. The standard InChI is InChI=1S/C17H15N5OS.ClH/c23-17-19-13-8-4-5-9-14(13)22(17)15-11-24-16(21-20-15)18-10-12-6-2-1-3-7-12;/h1-9H,10-11H2,(H,18,21)(H,19,23);1H. The average molecular weight is 374 g/mol. The summed E-state index contributed by atoms with van der Waals surface area (Å²) in [6.07, 6.45) is 0. The van der Waals surface area contributed by atoms with E-state index in [0.29, 0.717) is 18.1 Å². The van der Waals surface area contributed by atoms with Gasteiger partial charge in [-0.05, 0) is 17.7 Å². The monoisotopic (exact) mass is 373 g/mol. The fourth-order valence-electron chi connectivity index (χ4n) is 2.57. The van der Waals surface area contributed by atoms with Crippen LogP contribution in [-0.4, -0.2) is 26.3 Å². The van der Waals surface area contributed by atoms with Crippen LogP contribution < -0.4 is 11.0 Å². The first-order valence-electron chi connectivity index (χ1n) is 7.56. The zero-order chi connectivity index (χ0) is 16.4. The topological polar surface area (TPSA) is 74.5 Å². The molecule has 0 bridgehead atoms. The normalized spacial score (nSPS) is 13.8. The molecule has 8 heteroatoms. The third-order valence-corrected chi connectivity index (χ3v) is 4.63. The maximum absolute atomic E-state index is 12.2. The molecule has 0 radical (unpaired) electrons. The lowest BCUT2D eigenvalue weighted by atomic mass is 10.2. The Morgan fingerprint density at radius 2 is 1.84 bits per heavy atom. The minimum atomic E-state index is -0.188. The number of aromatic nitrogens is 2. The van der Waals surface area contributed by atoms with Gasteiger partial charge in [-0.25, -0.2) is 9.36 Å². The molecule has 1 aliphatic heterocycles. The number of rotatable bonds is 2. The van der Waals surface area contributed by atoms with Crippen molar-refractivity contribution in [2.24, 2.45) is 10.2 Å². The van der Waals surface area contributed by atoms with Gasteiger partial charge < -0.3 is 10.3 Å². The predicted molar refractivity (Wildman–Crippen MR) is 106 cm³/mol. The molecular formula is C17H16ClN5OS. The number of benzene rings is 2. The smallest absolute Gasteiger partial charge is 0.332 e. The fraction of sp³-hybridized carbons (Fsp3) is 0.118. The average Bonchev–Trinajstić information content (AvgIpc) is 2.97. The number of H-pyrrole nitrogens is 1. The lowest BCUT2D eigenvalue weighted by molar-refractivity contribution is 0.916. The second kappa shape index (κ2) is 7.58. The lowest BCUT2D eigenvalue weighted by Crippen LogP contribution is -2.30. The molecule has 0 saturated carbocycles. The van der Waals surface area contributed by atoms with Crippen LogP contribution in [0.1, 0.15) is 5.56 Å². The molecule has 0 atom stereocenters. The summed E-state index contributed by atoms with van der Waals surface area (Å²) in [5.41, 5.74) is 2.61. The van der Waals surface area contributed by atoms with Gasteiger partial charge in [0.1, 0.15) is 0 Å². The van der Waals surface area contributed by atoms with E-state index in [0.717, 1.165) is 16.2 Å². The van der Waals surface area contributed by atoms with E-state index < -0.39 is 0 Å². The van der Waals surface area contributed by atoms with Crippen molar-refractivity contribution in [1.82, 2.24) is 14.9 Å². The van der Waals surface area contributed by atoms with Crippen molar-refractivity contribution in [3.05, 3.63) is 70.6 Å². The largest absolute Gasteiger partial charge is 0.359 e. The number of nitrogens with zero attached hydrogens (tertiary/aromatic N) is 3. The molecule has 0 unspecified atom stereocenters. The van der Waals surface area contributed by atoms with Gasteiger partial charge in [0.25, 0.3) is 0 Å². The Balaban J connectivity index is 0.00000182. The molecule has 2 heterocycles. The molecule has 4 rings (SSSR count). The molecular weight excluding hydrogens is 358 g/mol. The highest BCUT2D eigenvalue weighted by molar-refractivity contribution is 8.14. The van der Waals surface area contributed by atoms with Gasteiger partial charge >= 0.3 is 5.69 Å². The first-order valence-corrected chi connectivity index (χ1v) is 8.55. The maximum Gasteiger partial charge on any atom is 0.332 e. The number of halogens is 1. The maximum atomic E-state index is 12.2. The molecule has 3 aromatic rings. The predicted octanol–water partition coefficient (Wildman–Crippen LogP) is 2.81. The first-order chi connectivity index (χ1) is 11.8. The third-order valence-electron chi connectivity index (χ3n) is 3.73. The van der Waals surface area contributed by atoms with E-state index >= 15 is 0 Å². The highest BCUT2D eigenvalue weighted by Gasteiger charge is 2.16. The number of para-hydroxylation sites is 2. The Labute approximate surface area is 154 Å². The summed E-state index contributed by atoms with van der Waals surface area (Å²) in [7, 11) is 0. The molecule has 128 valence electrons. The van der Waals surface area contributed by atoms with Crippen LogP contribution in [-0.2, 0) is 6.54 Å². The van der Waals surface area contributed by atoms with Crippen molar-refractivity contribution < 1.29 is 0 Å². The minimum Gasteiger partial charge on any atom is -0.359 e. The summed E-state index contributed by atoms with van der Waals surface area (Å²) in [5, 5.41) is 12.5. The van der Waals surface area contributed by atoms with E-state index in [1.165, 1.54) is 5.56 Å². The number of thioether (sulfide) groups is 1. The van der Waals surface area contributed by atoms with E-state index in [1.54, 1.807) is 16.3 Å². The van der Waals surface area contributed by atoms with E-state index in [-0.39, 0.29) is 18.1 Å². The fourth-order valence-corrected chi connectivity index (χ4v) is 3.30. The molecule has 0 spiro atoms. The Morgan fingerprint density at radius 1 is 1.08 bits per heavy atom. The van der Waals surface area contributed by atoms with Crippen molar-refractivity contribution in [3.63, 3.8) is 0 Å². The number of hydrogen-bond acceptors (Lipinski definition) is 5. The van der Waals surface area contributed by atoms with Crippen molar-refractivity contribution in [1.29, 1.82) is 0 Å². The van der Waals surface area contributed by atoms with Crippen LogP contribution >= 0.6 is 24.2 Å². The Bertz CT molecular complexity index is 993. The second-order valence-electron chi connectivity index (χ2n) is 5.33. The Hall–Kier alpha value is -2.51. The van der Waals surface area contributed by atoms with Gasteiger partial charge in [-0.15, -0.1) is 22.6 Å². The SMILES string of the molecule is Cl.O=c1[nH]c2ccccc2n1C1=NN=C(NCc2ccccc2)SC1. The van der Waals surface area contributed by atoms with Crippen molar-refractivity contribution in [3.8, 4) is 0 Å². The number of aromatic amines is 1. The molecule has 1 aliphatic rings. The molecule has 0 saturated heterocycles. The van der Waals surface area contributed by atoms with Gasteiger partial charge in [-0.3, -0.25) is 0 Å². The molecule has 2 aromatic carbocycles. The number of nitrogens with one attached hydrogen (secondary N) is 2. The van der Waals surface area contributed by atoms with Crippen LogP contribution in [0.15, 0.2) is 69.6 Å². The van der Waals surface area contributed by atoms with Gasteiger partial charge in [-0.1, -0.05) is 54.2 Å². The summed E-state index contributed by atoms with van der Waals surface area (Å²) in [5.74, 6) is 1.22. The molecule has 0 amide bonds. The lowest BCUT2D eigenvalue weighted by Gasteiger charge is -2.14. The molecule has 0 aliphatic carbocycles. The van der Waals surface area contributed by atoms with Crippen molar-refractivity contribution in [2.75, 3.05) is 5.75 Å². The number of fused-ring (bicyclic) bond motifs is 1. The first kappa shape index (κ1) is 17.3. The molecule has 0 fully saturated rings. The van der Waals surface area contributed by atoms with Crippen LogP contribution in [0.3, 0.4) is 0 Å². The van der Waals surface area contributed by atoms with Gasteiger partial charge in [0.05, 0.1) is 16.8 Å². The van der Waals surface area contributed by atoms with Crippen LogP contribution in [0.2, 0.25) is 0 Å². The van der Waals surface area contributed by atoms with E-state index in [2.05, 4.69) is 32.6 Å². The van der Waals surface area contributed by atoms with Crippen LogP contribution in [0, 0.1) is 0 Å². The summed E-state index contributed by atoms with van der Waals surface area (Å²) in [4.78, 5) is 15.0. The van der Waals surface area contributed by atoms with Crippen LogP contribution in [0.4, 0.5) is 0 Å². The highest BCUT2D eigenvalue weighted by atomic mass is 35.5. The van der Waals surface area contributed by atoms with Crippen molar-refractivity contribution in [2.45, 2.75) is 6.54 Å². The van der Waals surface area contributed by atoms with Gasteiger partial charge in [0, 0.05) is 6.54 Å². The summed E-state index contributed by atoms with van der Waals surface area (Å²) in [6.45, 7) is 0.699. The van der Waals surface area contributed by atoms with E-state index in [1.807, 2.05) is 42.5 Å². The Morgan fingerprint density at radius 3 is 2.60 bits per heavy atom. The number of amidine groups is 1. The summed E-state index contributed by atoms with van der Waals surface area (Å²) in [6, 6.07) is 17.7. The van der Waals surface area contributed by atoms with Crippen LogP contribution in [0.5, 0.6) is 0 Å². The van der Waals surface area contributed by atoms with Gasteiger partial charge in [0.15, 0.2) is 11.0 Å². The number of hydrogen-bond donors (Lipinski definition) is 2. The number of imidazole rings is 1. The minimum absolute atomic E-state index is 0. The highest BCUT2D eigenvalue weighted by Crippen LogP contribution is 2.15.